The van der Waals surface area contributed by atoms with E-state index in [1.165, 1.54) is 5.56 Å². The molecule has 20 heavy (non-hydrogen) atoms. The minimum atomic E-state index is -0.115. The third-order valence-corrected chi connectivity index (χ3v) is 3.65. The van der Waals surface area contributed by atoms with Gasteiger partial charge in [0.25, 0.3) is 0 Å². The number of rotatable bonds is 4. The fraction of sp³-hybridized carbons (Fsp3) is 0.294. The Morgan fingerprint density at radius 2 is 1.80 bits per heavy atom. The van der Waals surface area contributed by atoms with E-state index in [2.05, 4.69) is 12.1 Å². The van der Waals surface area contributed by atoms with Gasteiger partial charge in [-0.1, -0.05) is 48.5 Å². The molecule has 1 aliphatic heterocycles. The molecule has 0 bridgehead atoms. The summed E-state index contributed by atoms with van der Waals surface area (Å²) in [6, 6.07) is 18.1. The van der Waals surface area contributed by atoms with Crippen molar-refractivity contribution in [1.29, 1.82) is 0 Å². The smallest absolute Gasteiger partial charge is 0.124 e. The Kier molecular flexibility index (Phi) is 4.00. The largest absolute Gasteiger partial charge is 0.490 e. The van der Waals surface area contributed by atoms with Gasteiger partial charge >= 0.3 is 0 Å². The van der Waals surface area contributed by atoms with Gasteiger partial charge in [-0.15, -0.1) is 0 Å². The van der Waals surface area contributed by atoms with Crippen LogP contribution in [0.25, 0.3) is 0 Å². The summed E-state index contributed by atoms with van der Waals surface area (Å²) in [6.45, 7) is 1.18. The predicted molar refractivity (Wildman–Crippen MR) is 78.8 cm³/mol. The van der Waals surface area contributed by atoms with Crippen molar-refractivity contribution in [3.8, 4) is 5.75 Å². The van der Waals surface area contributed by atoms with E-state index in [-0.39, 0.29) is 12.1 Å². The molecule has 0 aromatic heterocycles. The molecule has 3 rings (SSSR count). The zero-order valence-electron chi connectivity index (χ0n) is 11.4. The molecule has 3 heteroatoms. The average molecular weight is 269 g/mol. The van der Waals surface area contributed by atoms with Crippen LogP contribution in [0.2, 0.25) is 0 Å². The molecule has 0 saturated carbocycles. The molecular weight excluding hydrogens is 250 g/mol. The van der Waals surface area contributed by atoms with Crippen LogP contribution >= 0.6 is 0 Å². The van der Waals surface area contributed by atoms with E-state index in [9.17, 15) is 0 Å². The lowest BCUT2D eigenvalue weighted by atomic mass is 9.99. The summed E-state index contributed by atoms with van der Waals surface area (Å²) in [4.78, 5) is 0. The van der Waals surface area contributed by atoms with Crippen LogP contribution in [0.1, 0.15) is 17.2 Å². The van der Waals surface area contributed by atoms with E-state index in [1.54, 1.807) is 0 Å². The second-order valence-electron chi connectivity index (χ2n) is 5.02. The van der Waals surface area contributed by atoms with Crippen molar-refractivity contribution in [2.45, 2.75) is 18.6 Å². The van der Waals surface area contributed by atoms with Crippen LogP contribution in [-0.2, 0) is 11.2 Å². The number of hydrogen-bond acceptors (Lipinski definition) is 3. The van der Waals surface area contributed by atoms with E-state index >= 15 is 0 Å². The maximum Gasteiger partial charge on any atom is 0.124 e. The van der Waals surface area contributed by atoms with E-state index in [0.29, 0.717) is 13.2 Å². The number of para-hydroxylation sites is 1. The molecule has 0 fully saturated rings. The summed E-state index contributed by atoms with van der Waals surface area (Å²) in [5, 5.41) is 0. The lowest BCUT2D eigenvalue weighted by molar-refractivity contribution is -0.00531. The summed E-state index contributed by atoms with van der Waals surface area (Å²) in [6.07, 6.45) is 0.819. The first kappa shape index (κ1) is 13.2. The maximum absolute atomic E-state index is 6.27. The van der Waals surface area contributed by atoms with Gasteiger partial charge in [0.1, 0.15) is 18.5 Å². The van der Waals surface area contributed by atoms with E-state index in [4.69, 9.17) is 15.2 Å². The number of fused-ring (bicyclic) bond motifs is 1. The highest BCUT2D eigenvalue weighted by Gasteiger charge is 2.28. The Balaban J connectivity index is 1.57. The van der Waals surface area contributed by atoms with Crippen molar-refractivity contribution < 1.29 is 9.47 Å². The molecule has 2 aromatic rings. The first-order chi connectivity index (χ1) is 9.84. The minimum absolute atomic E-state index is 0.0754. The average Bonchev–Trinajstić information content (AvgIpc) is 2.51. The third kappa shape index (κ3) is 2.84. The Morgan fingerprint density at radius 3 is 2.65 bits per heavy atom. The van der Waals surface area contributed by atoms with Gasteiger partial charge < -0.3 is 15.2 Å². The molecule has 0 spiro atoms. The van der Waals surface area contributed by atoms with Crippen molar-refractivity contribution in [3.05, 3.63) is 65.7 Å². The summed E-state index contributed by atoms with van der Waals surface area (Å²) in [7, 11) is 0. The van der Waals surface area contributed by atoms with Crippen molar-refractivity contribution in [2.75, 3.05) is 13.2 Å². The Morgan fingerprint density at radius 1 is 1.05 bits per heavy atom. The molecule has 0 aliphatic carbocycles. The number of nitrogens with two attached hydrogens (primary N) is 1. The van der Waals surface area contributed by atoms with Crippen LogP contribution in [0.15, 0.2) is 54.6 Å². The third-order valence-electron chi connectivity index (χ3n) is 3.65. The molecule has 1 heterocycles. The molecule has 3 nitrogen and oxygen atoms in total. The van der Waals surface area contributed by atoms with Gasteiger partial charge in [0, 0.05) is 5.56 Å². The van der Waals surface area contributed by atoms with Gasteiger partial charge in [0.15, 0.2) is 0 Å². The Bertz CT molecular complexity index is 556. The lowest BCUT2D eigenvalue weighted by Gasteiger charge is -2.31. The second-order valence-corrected chi connectivity index (χ2v) is 5.02. The van der Waals surface area contributed by atoms with Crippen molar-refractivity contribution in [2.24, 2.45) is 5.73 Å². The first-order valence-corrected chi connectivity index (χ1v) is 6.97. The summed E-state index contributed by atoms with van der Waals surface area (Å²) >= 11 is 0. The summed E-state index contributed by atoms with van der Waals surface area (Å²) in [5.41, 5.74) is 8.57. The standard InChI is InChI=1S/C17H19NO2/c18-17-14-8-4-5-9-15(14)20-12-16(17)19-11-10-13-6-2-1-3-7-13/h1-9,16-17H,10-12,18H2. The van der Waals surface area contributed by atoms with Gasteiger partial charge in [-0.05, 0) is 18.1 Å². The molecule has 2 N–H and O–H groups in total. The quantitative estimate of drug-likeness (QED) is 0.928. The zero-order valence-corrected chi connectivity index (χ0v) is 11.4. The van der Waals surface area contributed by atoms with Crippen LogP contribution in [0, 0.1) is 0 Å². The van der Waals surface area contributed by atoms with Crippen molar-refractivity contribution in [3.63, 3.8) is 0 Å². The fourth-order valence-electron chi connectivity index (χ4n) is 2.49. The SMILES string of the molecule is NC1c2ccccc2OCC1OCCc1ccccc1. The molecule has 0 saturated heterocycles. The molecule has 0 amide bonds. The van der Waals surface area contributed by atoms with Crippen molar-refractivity contribution >= 4 is 0 Å². The molecule has 104 valence electrons. The molecule has 1 aliphatic rings. The van der Waals surface area contributed by atoms with Gasteiger partial charge in [0.2, 0.25) is 0 Å². The van der Waals surface area contributed by atoms with E-state index < -0.39 is 0 Å². The Labute approximate surface area is 119 Å². The van der Waals surface area contributed by atoms with Crippen LogP contribution in [0.5, 0.6) is 5.75 Å². The van der Waals surface area contributed by atoms with E-state index in [0.717, 1.165) is 17.7 Å². The lowest BCUT2D eigenvalue weighted by Crippen LogP contribution is -2.38. The van der Waals surface area contributed by atoms with Gasteiger partial charge in [-0.2, -0.15) is 0 Å². The fourth-order valence-corrected chi connectivity index (χ4v) is 2.49. The van der Waals surface area contributed by atoms with Gasteiger partial charge in [-0.3, -0.25) is 0 Å². The monoisotopic (exact) mass is 269 g/mol. The number of ether oxygens (including phenoxy) is 2. The highest BCUT2D eigenvalue weighted by Crippen LogP contribution is 2.31. The molecule has 0 radical (unpaired) electrons. The van der Waals surface area contributed by atoms with E-state index in [1.807, 2.05) is 42.5 Å². The van der Waals surface area contributed by atoms with Gasteiger partial charge in [0.05, 0.1) is 12.6 Å². The minimum Gasteiger partial charge on any atom is -0.490 e. The molecule has 2 atom stereocenters. The summed E-state index contributed by atoms with van der Waals surface area (Å²) < 4.78 is 11.6. The Hall–Kier alpha value is -1.84. The normalized spacial score (nSPS) is 21.1. The number of hydrogen-bond donors (Lipinski definition) is 1. The summed E-state index contributed by atoms with van der Waals surface area (Å²) in [5.74, 6) is 0.878. The topological polar surface area (TPSA) is 44.5 Å². The van der Waals surface area contributed by atoms with Crippen LogP contribution in [-0.4, -0.2) is 19.3 Å². The molecule has 2 aromatic carbocycles. The molecular formula is C17H19NO2. The van der Waals surface area contributed by atoms with Crippen LogP contribution in [0.4, 0.5) is 0 Å². The zero-order chi connectivity index (χ0) is 13.8. The van der Waals surface area contributed by atoms with Crippen LogP contribution < -0.4 is 10.5 Å². The predicted octanol–water partition coefficient (Wildman–Crippen LogP) is 2.71. The molecule has 2 unspecified atom stereocenters. The highest BCUT2D eigenvalue weighted by atomic mass is 16.5. The van der Waals surface area contributed by atoms with Crippen molar-refractivity contribution in [1.82, 2.24) is 0 Å². The van der Waals surface area contributed by atoms with Crippen LogP contribution in [0.3, 0.4) is 0 Å². The first-order valence-electron chi connectivity index (χ1n) is 6.97. The maximum atomic E-state index is 6.27. The highest BCUT2D eigenvalue weighted by molar-refractivity contribution is 5.38. The number of benzene rings is 2. The van der Waals surface area contributed by atoms with Gasteiger partial charge in [-0.25, -0.2) is 0 Å². The second kappa shape index (κ2) is 6.07.